The summed E-state index contributed by atoms with van der Waals surface area (Å²) in [5.41, 5.74) is 0.778. The van der Waals surface area contributed by atoms with Crippen molar-refractivity contribution in [2.45, 2.75) is 16.3 Å². The number of benzene rings is 2. The van der Waals surface area contributed by atoms with Crippen LogP contribution >= 0.6 is 0 Å². The molecule has 0 unspecified atom stereocenters. The molecule has 0 saturated heterocycles. The van der Waals surface area contributed by atoms with Gasteiger partial charge in [-0.3, -0.25) is 4.79 Å². The molecule has 0 radical (unpaired) electrons. The van der Waals surface area contributed by atoms with Gasteiger partial charge in [-0.25, -0.2) is 16.8 Å². The summed E-state index contributed by atoms with van der Waals surface area (Å²) in [6.45, 7) is 0.154. The van der Waals surface area contributed by atoms with Gasteiger partial charge in [-0.1, -0.05) is 24.3 Å². The van der Waals surface area contributed by atoms with Gasteiger partial charge in [-0.2, -0.15) is 0 Å². The number of hydrogen-bond acceptors (Lipinski definition) is 5. The van der Waals surface area contributed by atoms with Crippen molar-refractivity contribution in [3.05, 3.63) is 59.7 Å². The molecule has 0 aliphatic heterocycles. The zero-order valence-electron chi connectivity index (χ0n) is 13.2. The molecule has 24 heavy (non-hydrogen) atoms. The molecule has 128 valence electrons. The summed E-state index contributed by atoms with van der Waals surface area (Å²) in [4.78, 5) is 12.4. The molecule has 0 aliphatic carbocycles. The average Bonchev–Trinajstić information content (AvgIpc) is 2.51. The lowest BCUT2D eigenvalue weighted by atomic mass is 10.2. The summed E-state index contributed by atoms with van der Waals surface area (Å²) >= 11 is 0. The number of nitrogens with one attached hydrogen (secondary N) is 1. The van der Waals surface area contributed by atoms with Crippen LogP contribution in [0.5, 0.6) is 0 Å². The van der Waals surface area contributed by atoms with Gasteiger partial charge in [-0.15, -0.1) is 0 Å². The van der Waals surface area contributed by atoms with Crippen LogP contribution in [0.4, 0.5) is 0 Å². The van der Waals surface area contributed by atoms with E-state index in [1.807, 2.05) is 0 Å². The van der Waals surface area contributed by atoms with Crippen molar-refractivity contribution in [2.75, 3.05) is 12.5 Å². The molecule has 0 atom stereocenters. The van der Waals surface area contributed by atoms with Crippen molar-refractivity contribution in [3.8, 4) is 0 Å². The highest BCUT2D eigenvalue weighted by Gasteiger charge is 2.17. The van der Waals surface area contributed by atoms with E-state index < -0.39 is 25.6 Å². The van der Waals surface area contributed by atoms with Crippen LogP contribution in [0.2, 0.25) is 0 Å². The van der Waals surface area contributed by atoms with Crippen LogP contribution in [0, 0.1) is 0 Å². The highest BCUT2D eigenvalue weighted by atomic mass is 32.2. The first kappa shape index (κ1) is 18.2. The van der Waals surface area contributed by atoms with Crippen molar-refractivity contribution in [1.82, 2.24) is 5.32 Å². The maximum absolute atomic E-state index is 12.2. The van der Waals surface area contributed by atoms with Gasteiger partial charge >= 0.3 is 0 Å². The van der Waals surface area contributed by atoms with Gasteiger partial charge in [0.25, 0.3) is 5.91 Å². The third kappa shape index (κ3) is 4.42. The third-order valence-electron chi connectivity index (χ3n) is 3.34. The third-order valence-corrected chi connectivity index (χ3v) is 5.62. The predicted octanol–water partition coefficient (Wildman–Crippen LogP) is 1.42. The molecular weight excluding hydrogens is 350 g/mol. The van der Waals surface area contributed by atoms with Gasteiger partial charge in [-0.05, 0) is 29.8 Å². The van der Waals surface area contributed by atoms with Crippen LogP contribution in [0.15, 0.2) is 58.3 Å². The highest BCUT2D eigenvalue weighted by Crippen LogP contribution is 2.15. The van der Waals surface area contributed by atoms with Crippen molar-refractivity contribution in [2.24, 2.45) is 0 Å². The molecule has 0 saturated carbocycles. The van der Waals surface area contributed by atoms with Gasteiger partial charge in [0, 0.05) is 19.1 Å². The Morgan fingerprint density at radius 1 is 0.875 bits per heavy atom. The Bertz CT molecular complexity index is 962. The Morgan fingerprint density at radius 2 is 1.46 bits per heavy atom. The quantitative estimate of drug-likeness (QED) is 0.862. The van der Waals surface area contributed by atoms with E-state index >= 15 is 0 Å². The summed E-state index contributed by atoms with van der Waals surface area (Å²) in [7, 11) is -6.78. The molecule has 0 aromatic heterocycles. The molecule has 2 aromatic carbocycles. The minimum atomic E-state index is -3.51. The molecule has 0 spiro atoms. The maximum atomic E-state index is 12.2. The number of sulfone groups is 2. The lowest BCUT2D eigenvalue weighted by molar-refractivity contribution is 0.0947. The van der Waals surface area contributed by atoms with E-state index in [1.165, 1.54) is 24.3 Å². The maximum Gasteiger partial charge on any atom is 0.252 e. The Kier molecular flexibility index (Phi) is 5.10. The summed E-state index contributed by atoms with van der Waals surface area (Å²) in [5.74, 6) is -0.511. The normalized spacial score (nSPS) is 11.9. The molecule has 0 fully saturated rings. The smallest absolute Gasteiger partial charge is 0.252 e. The van der Waals surface area contributed by atoms with Crippen LogP contribution in [-0.2, 0) is 26.2 Å². The summed E-state index contributed by atoms with van der Waals surface area (Å²) in [6, 6.07) is 12.1. The Morgan fingerprint density at radius 3 is 2.00 bits per heavy atom. The molecule has 0 bridgehead atoms. The molecule has 2 rings (SSSR count). The Labute approximate surface area is 141 Å². The second-order valence-corrected chi connectivity index (χ2v) is 9.37. The number of rotatable bonds is 5. The fourth-order valence-electron chi connectivity index (χ4n) is 2.11. The highest BCUT2D eigenvalue weighted by molar-refractivity contribution is 7.91. The number of amides is 1. The van der Waals surface area contributed by atoms with Crippen LogP contribution in [0.1, 0.15) is 15.9 Å². The van der Waals surface area contributed by atoms with Gasteiger partial charge in [0.15, 0.2) is 19.7 Å². The molecule has 8 heteroatoms. The lowest BCUT2D eigenvalue weighted by Gasteiger charge is -2.09. The largest absolute Gasteiger partial charge is 0.348 e. The molecule has 0 heterocycles. The van der Waals surface area contributed by atoms with E-state index in [4.69, 9.17) is 0 Å². The van der Waals surface area contributed by atoms with Gasteiger partial charge in [0.05, 0.1) is 15.4 Å². The van der Waals surface area contributed by atoms with Crippen molar-refractivity contribution < 1.29 is 21.6 Å². The van der Waals surface area contributed by atoms with Crippen molar-refractivity contribution in [3.63, 3.8) is 0 Å². The zero-order chi connectivity index (χ0) is 18.0. The monoisotopic (exact) mass is 367 g/mol. The SMILES string of the molecule is CS(=O)(=O)c1ccc(CNC(=O)c2ccccc2S(C)(=O)=O)cc1. The topological polar surface area (TPSA) is 97.4 Å². The first-order chi connectivity index (χ1) is 11.1. The van der Waals surface area contributed by atoms with E-state index in [1.54, 1.807) is 24.3 Å². The minimum absolute atomic E-state index is 0.0325. The molecule has 1 N–H and O–H groups in total. The van der Waals surface area contributed by atoms with E-state index in [2.05, 4.69) is 5.32 Å². The molecule has 0 aliphatic rings. The molecule has 6 nitrogen and oxygen atoms in total. The molecule has 2 aromatic rings. The molecular formula is C16H17NO5S2. The van der Waals surface area contributed by atoms with Crippen LogP contribution in [-0.4, -0.2) is 35.3 Å². The van der Waals surface area contributed by atoms with E-state index in [9.17, 15) is 21.6 Å². The van der Waals surface area contributed by atoms with Crippen molar-refractivity contribution >= 4 is 25.6 Å². The summed E-state index contributed by atoms with van der Waals surface area (Å²) in [5, 5.41) is 2.63. The van der Waals surface area contributed by atoms with E-state index in [0.29, 0.717) is 5.56 Å². The fourth-order valence-corrected chi connectivity index (χ4v) is 3.63. The zero-order valence-corrected chi connectivity index (χ0v) is 14.8. The van der Waals surface area contributed by atoms with Crippen LogP contribution < -0.4 is 5.32 Å². The number of carbonyl (C=O) groups is 1. The van der Waals surface area contributed by atoms with E-state index in [-0.39, 0.29) is 21.9 Å². The Hall–Kier alpha value is -2.19. The first-order valence-corrected chi connectivity index (χ1v) is 10.7. The standard InChI is InChI=1S/C16H17NO5S2/c1-23(19,20)13-9-7-12(8-10-13)11-17-16(18)14-5-3-4-6-15(14)24(2,21)22/h3-10H,11H2,1-2H3,(H,17,18). The average molecular weight is 367 g/mol. The second-order valence-electron chi connectivity index (χ2n) is 5.37. The van der Waals surface area contributed by atoms with E-state index in [0.717, 1.165) is 12.5 Å². The number of carbonyl (C=O) groups excluding carboxylic acids is 1. The second kappa shape index (κ2) is 6.74. The van der Waals surface area contributed by atoms with Gasteiger partial charge < -0.3 is 5.32 Å². The minimum Gasteiger partial charge on any atom is -0.348 e. The summed E-state index contributed by atoms with van der Waals surface area (Å²) in [6.07, 6.45) is 2.16. The van der Waals surface area contributed by atoms with Crippen LogP contribution in [0.25, 0.3) is 0 Å². The predicted molar refractivity (Wildman–Crippen MR) is 90.3 cm³/mol. The van der Waals surface area contributed by atoms with Crippen LogP contribution in [0.3, 0.4) is 0 Å². The fraction of sp³-hybridized carbons (Fsp3) is 0.188. The van der Waals surface area contributed by atoms with Gasteiger partial charge in [0.2, 0.25) is 0 Å². The van der Waals surface area contributed by atoms with Crippen molar-refractivity contribution in [1.29, 1.82) is 0 Å². The summed E-state index contributed by atoms with van der Waals surface area (Å²) < 4.78 is 46.3. The molecule has 1 amide bonds. The number of hydrogen-bond donors (Lipinski definition) is 1. The van der Waals surface area contributed by atoms with Gasteiger partial charge in [0.1, 0.15) is 0 Å². The first-order valence-electron chi connectivity index (χ1n) is 6.95. The lowest BCUT2D eigenvalue weighted by Crippen LogP contribution is -2.24. The Balaban J connectivity index is 2.15.